The van der Waals surface area contributed by atoms with Gasteiger partial charge in [-0.15, -0.1) is 11.3 Å². The van der Waals surface area contributed by atoms with Gasteiger partial charge in [0.25, 0.3) is 0 Å². The second kappa shape index (κ2) is 9.40. The molecule has 1 N–H and O–H groups in total. The van der Waals surface area contributed by atoms with E-state index in [0.29, 0.717) is 22.9 Å². The van der Waals surface area contributed by atoms with Crippen molar-refractivity contribution >= 4 is 34.4 Å². The van der Waals surface area contributed by atoms with Gasteiger partial charge in [0.05, 0.1) is 18.4 Å². The van der Waals surface area contributed by atoms with Crippen LogP contribution in [0, 0.1) is 17.2 Å². The number of nitrogens with one attached hydrogen (secondary N) is 1. The first-order valence-corrected chi connectivity index (χ1v) is 11.4. The van der Waals surface area contributed by atoms with Crippen LogP contribution in [-0.2, 0) is 22.4 Å². The van der Waals surface area contributed by atoms with Crippen molar-refractivity contribution in [2.24, 2.45) is 5.92 Å². The summed E-state index contributed by atoms with van der Waals surface area (Å²) in [5.41, 5.74) is 1.55. The van der Waals surface area contributed by atoms with Gasteiger partial charge in [-0.1, -0.05) is 0 Å². The highest BCUT2D eigenvalue weighted by molar-refractivity contribution is 7.16. The van der Waals surface area contributed by atoms with Gasteiger partial charge in [-0.25, -0.2) is 4.79 Å². The van der Waals surface area contributed by atoms with Crippen molar-refractivity contribution in [3.63, 3.8) is 0 Å². The normalized spacial score (nSPS) is 20.5. The van der Waals surface area contributed by atoms with Crippen LogP contribution in [-0.4, -0.2) is 36.1 Å². The summed E-state index contributed by atoms with van der Waals surface area (Å²) in [4.78, 5) is 27.5. The maximum Gasteiger partial charge on any atom is 0.410 e. The Bertz CT molecular complexity index is 1020. The zero-order chi connectivity index (χ0) is 21.8. The summed E-state index contributed by atoms with van der Waals surface area (Å²) in [5.74, 6) is 0.500. The van der Waals surface area contributed by atoms with Crippen LogP contribution in [0.1, 0.15) is 48.0 Å². The second-order valence-electron chi connectivity index (χ2n) is 8.03. The lowest BCUT2D eigenvalue weighted by Crippen LogP contribution is -2.35. The Balaban J connectivity index is 1.37. The molecule has 0 saturated carbocycles. The molecule has 31 heavy (non-hydrogen) atoms. The summed E-state index contributed by atoms with van der Waals surface area (Å²) in [7, 11) is 0. The topological polar surface area (TPSA) is 95.6 Å². The Labute approximate surface area is 185 Å². The van der Waals surface area contributed by atoms with E-state index in [2.05, 4.69) is 18.3 Å². The molecule has 2 amide bonds. The lowest BCUT2D eigenvalue weighted by atomic mass is 9.88. The molecule has 1 aliphatic carbocycles. The fourth-order valence-corrected chi connectivity index (χ4v) is 5.49. The van der Waals surface area contributed by atoms with E-state index in [-0.39, 0.29) is 24.0 Å². The minimum atomic E-state index is -0.309. The molecule has 0 radical (unpaired) electrons. The maximum absolute atomic E-state index is 12.3. The number of carbonyl (C=O) groups is 2. The van der Waals surface area contributed by atoms with Crippen LogP contribution in [0.2, 0.25) is 0 Å². The smallest absolute Gasteiger partial charge is 0.410 e. The molecule has 8 heteroatoms. The van der Waals surface area contributed by atoms with Crippen molar-refractivity contribution in [3.8, 4) is 6.07 Å². The first-order chi connectivity index (χ1) is 15.0. The number of anilines is 1. The zero-order valence-corrected chi connectivity index (χ0v) is 18.2. The first-order valence-electron chi connectivity index (χ1n) is 10.6. The second-order valence-corrected chi connectivity index (χ2v) is 9.13. The maximum atomic E-state index is 12.3. The van der Waals surface area contributed by atoms with Crippen LogP contribution < -0.4 is 5.32 Å². The fraction of sp³-hybridized carbons (Fsp3) is 0.435. The van der Waals surface area contributed by atoms with E-state index in [9.17, 15) is 14.9 Å². The minimum Gasteiger partial charge on any atom is -0.465 e. The van der Waals surface area contributed by atoms with Crippen molar-refractivity contribution < 1.29 is 18.7 Å². The summed E-state index contributed by atoms with van der Waals surface area (Å²) >= 11 is 1.44. The van der Waals surface area contributed by atoms with E-state index in [1.165, 1.54) is 23.7 Å². The highest BCUT2D eigenvalue weighted by Gasteiger charge is 2.29. The highest BCUT2D eigenvalue weighted by atomic mass is 32.1. The van der Waals surface area contributed by atoms with Gasteiger partial charge >= 0.3 is 6.09 Å². The van der Waals surface area contributed by atoms with Crippen molar-refractivity contribution in [2.75, 3.05) is 18.5 Å². The number of rotatable bonds is 5. The molecule has 2 unspecified atom stereocenters. The summed E-state index contributed by atoms with van der Waals surface area (Å²) in [6, 6.07) is 5.99. The predicted molar refractivity (Wildman–Crippen MR) is 118 cm³/mol. The van der Waals surface area contributed by atoms with Crippen LogP contribution in [0.4, 0.5) is 9.80 Å². The molecule has 1 fully saturated rings. The average Bonchev–Trinajstić information content (AvgIpc) is 3.50. The monoisotopic (exact) mass is 439 g/mol. The average molecular weight is 440 g/mol. The number of ether oxygens (including phenoxy) is 1. The fourth-order valence-electron chi connectivity index (χ4n) is 4.18. The number of fused-ring (bicyclic) bond motifs is 1. The van der Waals surface area contributed by atoms with E-state index in [1.54, 1.807) is 23.1 Å². The number of likely N-dealkylation sites (tertiary alicyclic amines) is 1. The number of thiophene rings is 1. The molecule has 162 valence electrons. The zero-order valence-electron chi connectivity index (χ0n) is 17.4. The third-order valence-electron chi connectivity index (χ3n) is 5.89. The molecule has 2 atom stereocenters. The number of carbonyl (C=O) groups excluding carboxylic acids is 2. The molecule has 7 nitrogen and oxygen atoms in total. The Morgan fingerprint density at radius 1 is 1.45 bits per heavy atom. The minimum absolute atomic E-state index is 0.224. The van der Waals surface area contributed by atoms with Crippen molar-refractivity contribution in [1.29, 1.82) is 5.26 Å². The van der Waals surface area contributed by atoms with Crippen LogP contribution in [0.5, 0.6) is 0 Å². The van der Waals surface area contributed by atoms with Gasteiger partial charge in [-0.05, 0) is 68.7 Å². The Morgan fingerprint density at radius 2 is 2.32 bits per heavy atom. The Kier molecular flexibility index (Phi) is 6.42. The van der Waals surface area contributed by atoms with Gasteiger partial charge in [0.1, 0.15) is 16.8 Å². The highest BCUT2D eigenvalue weighted by Crippen LogP contribution is 2.39. The molecule has 2 aliphatic rings. The van der Waals surface area contributed by atoms with E-state index in [4.69, 9.17) is 9.15 Å². The molecule has 1 saturated heterocycles. The van der Waals surface area contributed by atoms with Gasteiger partial charge < -0.3 is 19.4 Å². The van der Waals surface area contributed by atoms with Gasteiger partial charge in [0, 0.05) is 23.5 Å². The van der Waals surface area contributed by atoms with Crippen LogP contribution in [0.25, 0.3) is 6.08 Å². The Morgan fingerprint density at radius 3 is 3.03 bits per heavy atom. The van der Waals surface area contributed by atoms with E-state index < -0.39 is 0 Å². The molecule has 4 rings (SSSR count). The molecule has 0 spiro atoms. The summed E-state index contributed by atoms with van der Waals surface area (Å²) < 4.78 is 10.8. The molecule has 1 aliphatic heterocycles. The van der Waals surface area contributed by atoms with Gasteiger partial charge in [-0.3, -0.25) is 4.79 Å². The third kappa shape index (κ3) is 4.83. The number of furan rings is 1. The molecule has 2 aromatic rings. The number of hydrogen-bond donors (Lipinski definition) is 1. The molecule has 2 aromatic heterocycles. The van der Waals surface area contributed by atoms with E-state index in [0.717, 1.165) is 49.1 Å². The largest absolute Gasteiger partial charge is 0.465 e. The lowest BCUT2D eigenvalue weighted by Gasteiger charge is -2.25. The van der Waals surface area contributed by atoms with Crippen molar-refractivity contribution in [3.05, 3.63) is 46.2 Å². The third-order valence-corrected chi connectivity index (χ3v) is 7.06. The first kappa shape index (κ1) is 21.2. The van der Waals surface area contributed by atoms with Crippen LogP contribution >= 0.6 is 11.3 Å². The molecule has 0 bridgehead atoms. The number of nitrogens with zero attached hydrogens (tertiary/aromatic N) is 2. The SMILES string of the molecule is CC1CCCN1C(=O)OCC1CCc2c(sc(NC(=O)C=Cc3ccco3)c2C#N)C1. The number of hydrogen-bond acceptors (Lipinski definition) is 6. The summed E-state index contributed by atoms with van der Waals surface area (Å²) in [6.07, 6.45) is 8.69. The molecular formula is C23H25N3O4S. The predicted octanol–water partition coefficient (Wildman–Crippen LogP) is 4.59. The molecule has 0 aromatic carbocycles. The number of nitriles is 1. The van der Waals surface area contributed by atoms with Crippen LogP contribution in [0.15, 0.2) is 28.9 Å². The number of amides is 2. The van der Waals surface area contributed by atoms with E-state index in [1.807, 2.05) is 0 Å². The lowest BCUT2D eigenvalue weighted by molar-refractivity contribution is -0.111. The van der Waals surface area contributed by atoms with Crippen molar-refractivity contribution in [2.45, 2.75) is 45.1 Å². The van der Waals surface area contributed by atoms with Gasteiger partial charge in [0.15, 0.2) is 0 Å². The van der Waals surface area contributed by atoms with Crippen molar-refractivity contribution in [1.82, 2.24) is 4.90 Å². The molecular weight excluding hydrogens is 414 g/mol. The molecule has 3 heterocycles. The van der Waals surface area contributed by atoms with Crippen LogP contribution in [0.3, 0.4) is 0 Å². The quantitative estimate of drug-likeness (QED) is 0.688. The van der Waals surface area contributed by atoms with E-state index >= 15 is 0 Å². The Hall–Kier alpha value is -3.05. The standard InChI is InChI=1S/C23H25N3O4S/c1-15-4-2-10-26(15)23(28)30-14-16-6-8-18-19(13-24)22(31-20(18)12-16)25-21(27)9-7-17-5-3-11-29-17/h3,5,7,9,11,15-16H,2,4,6,8,10,12,14H2,1H3,(H,25,27). The van der Waals surface area contributed by atoms with Gasteiger partial charge in [-0.2, -0.15) is 5.26 Å². The van der Waals surface area contributed by atoms with Gasteiger partial charge in [0.2, 0.25) is 5.91 Å². The summed E-state index contributed by atoms with van der Waals surface area (Å²) in [5, 5.41) is 13.0. The summed E-state index contributed by atoms with van der Waals surface area (Å²) in [6.45, 7) is 3.20.